The molecule has 7 heterocycles. The summed E-state index contributed by atoms with van der Waals surface area (Å²) in [5.74, 6) is 0. The Balaban J connectivity index is 0.770. The Hall–Kier alpha value is -14.6. The molecule has 25 rings (SSSR count). The van der Waals surface area contributed by atoms with Crippen molar-refractivity contribution in [3.63, 3.8) is 0 Å². The third-order valence-electron chi connectivity index (χ3n) is 31.4. The van der Waals surface area contributed by atoms with Gasteiger partial charge < -0.3 is 27.4 Å². The lowest BCUT2D eigenvalue weighted by molar-refractivity contribution is 0.590. The second-order valence-electron chi connectivity index (χ2n) is 48.8. The smallest absolute Gasteiger partial charge is 0.0979 e. The van der Waals surface area contributed by atoms with Gasteiger partial charge in [-0.2, -0.15) is 0 Å². The molecule has 0 radical (unpaired) electrons. The molecular formula is C132H122N8. The maximum absolute atomic E-state index is 6.01. The molecule has 8 nitrogen and oxygen atoms in total. The SMILES string of the molecule is CC(C)(C)c1ccc2c(c1)c1cc(C(C)(C)C)ccc1n2-c1ccc2c(c1)c1cc(-n3c4ccc(C(C)(C)C)cc4c4cc(C(C)(C)C)ccc43)ccc1n2-c1ccc2c(c1)c1cc(-n3c4ccc(-n5c6ccc(C(C)(C)C)cc6c6cc(C(C)(C)C)ccc65)cc4c4cc(-n5c6ccc(C(C)(C)C)cc6c6cc(C(C)(C)C)ccc65)ccc43)ccc1c1nc3c4ccccc4c4ccccc4c3nc21. The Morgan fingerprint density at radius 2 is 0.264 bits per heavy atom. The van der Waals surface area contributed by atoms with Crippen LogP contribution in [0.15, 0.2) is 303 Å². The van der Waals surface area contributed by atoms with Gasteiger partial charge in [0.1, 0.15) is 0 Å². The van der Waals surface area contributed by atoms with Crippen LogP contribution in [-0.4, -0.2) is 37.4 Å². The maximum Gasteiger partial charge on any atom is 0.0979 e. The lowest BCUT2D eigenvalue weighted by atomic mass is 9.85. The van der Waals surface area contributed by atoms with E-state index in [4.69, 9.17) is 9.97 Å². The molecule has 7 aromatic heterocycles. The van der Waals surface area contributed by atoms with E-state index in [-0.39, 0.29) is 43.3 Å². The van der Waals surface area contributed by atoms with E-state index < -0.39 is 0 Å². The predicted octanol–water partition coefficient (Wildman–Crippen LogP) is 36.4. The monoisotopic (exact) mass is 1820 g/mol. The van der Waals surface area contributed by atoms with Gasteiger partial charge in [0.25, 0.3) is 0 Å². The third-order valence-corrected chi connectivity index (χ3v) is 31.4. The zero-order valence-electron chi connectivity index (χ0n) is 85.4. The van der Waals surface area contributed by atoms with E-state index in [1.165, 1.54) is 132 Å². The number of nitrogens with zero attached hydrogens (tertiary/aromatic N) is 8. The first-order valence-corrected chi connectivity index (χ1v) is 50.4. The topological polar surface area (TPSA) is 55.4 Å². The van der Waals surface area contributed by atoms with E-state index in [1.807, 2.05) is 0 Å². The van der Waals surface area contributed by atoms with Gasteiger partial charge in [0.15, 0.2) is 0 Å². The Morgan fingerprint density at radius 3 is 0.436 bits per heavy atom. The zero-order chi connectivity index (χ0) is 97.1. The van der Waals surface area contributed by atoms with E-state index in [1.54, 1.807) is 0 Å². The van der Waals surface area contributed by atoms with Crippen LogP contribution in [0.5, 0.6) is 0 Å². The molecule has 0 bridgehead atoms. The molecule has 18 aromatic carbocycles. The van der Waals surface area contributed by atoms with Crippen LogP contribution >= 0.6 is 0 Å². The van der Waals surface area contributed by atoms with Crippen LogP contribution in [-0.2, 0) is 43.3 Å². The minimum Gasteiger partial charge on any atom is -0.309 e. The number of benzene rings is 18. The average molecular weight is 1820 g/mol. The highest BCUT2D eigenvalue weighted by Crippen LogP contribution is 2.50. The molecule has 0 saturated carbocycles. The highest BCUT2D eigenvalue weighted by molar-refractivity contribution is 6.30. The summed E-state index contributed by atoms with van der Waals surface area (Å²) in [7, 11) is 0. The van der Waals surface area contributed by atoms with Gasteiger partial charge in [0, 0.05) is 120 Å². The van der Waals surface area contributed by atoms with Crippen molar-refractivity contribution in [3.8, 4) is 34.1 Å². The molecule has 0 spiro atoms. The molecule has 0 aliphatic rings. The number of hydrogen-bond donors (Lipinski definition) is 0. The fourth-order valence-corrected chi connectivity index (χ4v) is 23.3. The minimum atomic E-state index is -0.0559. The van der Waals surface area contributed by atoms with E-state index in [0.29, 0.717) is 0 Å². The predicted molar refractivity (Wildman–Crippen MR) is 603 cm³/mol. The summed E-state index contributed by atoms with van der Waals surface area (Å²) in [6, 6.07) is 119. The van der Waals surface area contributed by atoms with Gasteiger partial charge in [-0.3, -0.25) is 0 Å². The Kier molecular flexibility index (Phi) is 18.3. The lowest BCUT2D eigenvalue weighted by Gasteiger charge is -2.19. The maximum atomic E-state index is 6.01. The molecule has 0 amide bonds. The second-order valence-corrected chi connectivity index (χ2v) is 48.8. The normalized spacial score (nSPS) is 13.4. The van der Waals surface area contributed by atoms with E-state index in [0.717, 1.165) is 143 Å². The van der Waals surface area contributed by atoms with Crippen LogP contribution < -0.4 is 0 Å². The van der Waals surface area contributed by atoms with Gasteiger partial charge >= 0.3 is 0 Å². The molecule has 25 aromatic rings. The van der Waals surface area contributed by atoms with Crippen molar-refractivity contribution < 1.29 is 0 Å². The van der Waals surface area contributed by atoms with Gasteiger partial charge in [-0.15, -0.1) is 0 Å². The molecule has 0 fully saturated rings. The van der Waals surface area contributed by atoms with Gasteiger partial charge in [0.2, 0.25) is 0 Å². The first-order valence-electron chi connectivity index (χ1n) is 50.4. The van der Waals surface area contributed by atoms with E-state index in [9.17, 15) is 0 Å². The fourth-order valence-electron chi connectivity index (χ4n) is 23.3. The molecular weight excluding hydrogens is 1700 g/mol. The van der Waals surface area contributed by atoms with Crippen LogP contribution in [0.25, 0.3) is 230 Å². The van der Waals surface area contributed by atoms with Crippen LogP contribution in [0.4, 0.5) is 0 Å². The Morgan fingerprint density at radius 1 is 0.129 bits per heavy atom. The molecule has 8 heteroatoms. The summed E-state index contributed by atoms with van der Waals surface area (Å²) in [6.45, 7) is 55.9. The van der Waals surface area contributed by atoms with Crippen molar-refractivity contribution in [3.05, 3.63) is 348 Å². The molecule has 140 heavy (non-hydrogen) atoms. The molecule has 0 saturated heterocycles. The fraction of sp³-hybridized carbons (Fsp3) is 0.242. The number of aromatic nitrogens is 8. The van der Waals surface area contributed by atoms with E-state index >= 15 is 0 Å². The van der Waals surface area contributed by atoms with Gasteiger partial charge in [-0.05, 0) is 303 Å². The van der Waals surface area contributed by atoms with Crippen molar-refractivity contribution in [1.82, 2.24) is 37.4 Å². The largest absolute Gasteiger partial charge is 0.309 e. The summed E-state index contributed by atoms with van der Waals surface area (Å²) in [4.78, 5) is 12.0. The highest BCUT2D eigenvalue weighted by Gasteiger charge is 2.32. The molecule has 0 N–H and O–H groups in total. The van der Waals surface area contributed by atoms with Crippen molar-refractivity contribution >= 4 is 196 Å². The van der Waals surface area contributed by atoms with Crippen molar-refractivity contribution in [2.75, 3.05) is 0 Å². The summed E-state index contributed by atoms with van der Waals surface area (Å²) < 4.78 is 15.2. The molecule has 0 aliphatic carbocycles. The van der Waals surface area contributed by atoms with Gasteiger partial charge in [-0.25, -0.2) is 9.97 Å². The van der Waals surface area contributed by atoms with Gasteiger partial charge in [0.05, 0.1) is 88.3 Å². The number of hydrogen-bond acceptors (Lipinski definition) is 2. The Labute approximate surface area is 819 Å². The first-order chi connectivity index (χ1) is 66.4. The van der Waals surface area contributed by atoms with Crippen molar-refractivity contribution in [1.29, 1.82) is 0 Å². The Bertz CT molecular complexity index is 8500. The van der Waals surface area contributed by atoms with Crippen LogP contribution in [0.1, 0.15) is 211 Å². The molecule has 0 aliphatic heterocycles. The zero-order valence-corrected chi connectivity index (χ0v) is 85.4. The number of rotatable bonds is 6. The molecule has 0 atom stereocenters. The first kappa shape index (κ1) is 86.9. The van der Waals surface area contributed by atoms with Crippen molar-refractivity contribution in [2.45, 2.75) is 209 Å². The second kappa shape index (κ2) is 29.5. The van der Waals surface area contributed by atoms with Crippen LogP contribution in [0.2, 0.25) is 0 Å². The summed E-state index contributed by atoms with van der Waals surface area (Å²) in [5, 5.41) is 23.4. The average Bonchev–Trinajstić information content (AvgIpc) is 0.745. The van der Waals surface area contributed by atoms with Crippen LogP contribution in [0.3, 0.4) is 0 Å². The molecule has 0 unspecified atom stereocenters. The van der Waals surface area contributed by atoms with Crippen LogP contribution in [0, 0.1) is 0 Å². The third kappa shape index (κ3) is 13.3. The highest BCUT2D eigenvalue weighted by atomic mass is 15.0. The van der Waals surface area contributed by atoms with E-state index in [2.05, 4.69) is 497 Å². The van der Waals surface area contributed by atoms with Crippen molar-refractivity contribution in [2.24, 2.45) is 0 Å². The molecule has 690 valence electrons. The van der Waals surface area contributed by atoms with Gasteiger partial charge in [-0.1, -0.05) is 275 Å². The number of fused-ring (bicyclic) bond motifs is 30. The summed E-state index contributed by atoms with van der Waals surface area (Å²) in [5.41, 5.74) is 34.0. The summed E-state index contributed by atoms with van der Waals surface area (Å²) in [6.07, 6.45) is 0. The standard InChI is InChI=1S/C132H122N8/c1-125(2,3)75-33-49-109-97(61-75)98-62-76(126(4,5)6)34-50-110(98)137(109)85-43-57-117-105(71-85)106-72-86(138-111-51-35-77(127(7,8)9)63-99(111)100-64-78(128(10,11)12)36-52-112(100)138)44-58-118(106)135(117)83-41-47-93-95(69-83)96-70-84(42-48-94(96)124-123(93)133-121-91-31-27-25-29-89(91)90-30-26-28-32-92(90)122(121)134-124)136-119-59-45-87(139-113-53-37-79(129(13,14)15)65-101(113)102-66-80(130(16,17)18)38-54-114(102)139)73-107(119)108-74-88(46-60-120(108)136)140-115-55-39-81(131(19,20)21)67-103(115)104-68-82(132(22,23)24)40-56-116(104)140/h25-74H,1-24H3. The quantitative estimate of drug-likeness (QED) is 0.123. The summed E-state index contributed by atoms with van der Waals surface area (Å²) >= 11 is 0. The lowest BCUT2D eigenvalue weighted by Crippen LogP contribution is -2.10. The minimum absolute atomic E-state index is 0.0559.